The Morgan fingerprint density at radius 1 is 0.538 bits per heavy atom. The summed E-state index contributed by atoms with van der Waals surface area (Å²) < 4.78 is 62.9. The van der Waals surface area contributed by atoms with E-state index < -0.39 is 247 Å². The third-order valence-electron chi connectivity index (χ3n) is 14.2. The number of carbonyl (C=O) groups is 3. The maximum Gasteiger partial charge on any atom is 0.364 e. The van der Waals surface area contributed by atoms with Crippen LogP contribution in [0.3, 0.4) is 0 Å². The minimum absolute atomic E-state index is 0.895. The first kappa shape index (κ1) is 64.4. The molecule has 0 aromatic carbocycles. The number of aliphatic hydroxyl groups excluding tert-OH is 18. The fourth-order valence-corrected chi connectivity index (χ4v) is 9.81. The highest BCUT2D eigenvalue weighted by Gasteiger charge is 2.61. The van der Waals surface area contributed by atoms with Gasteiger partial charge in [0.15, 0.2) is 31.5 Å². The minimum atomic E-state index is -3.24. The second-order valence-electron chi connectivity index (χ2n) is 19.7. The average molecular weight is 1150 g/mol. The van der Waals surface area contributed by atoms with Crippen LogP contribution in [0.15, 0.2) is 0 Å². The average Bonchev–Trinajstić information content (AvgIpc) is 3.48. The van der Waals surface area contributed by atoms with E-state index in [1.54, 1.807) is 0 Å². The molecular weight excluding hydrogens is 1070 g/mol. The van der Waals surface area contributed by atoms with Crippen molar-refractivity contribution in [2.24, 2.45) is 0 Å². The second kappa shape index (κ2) is 27.1. The highest BCUT2D eigenvalue weighted by atomic mass is 16.8. The molecule has 2 amide bonds. The third-order valence-corrected chi connectivity index (χ3v) is 14.2. The molecule has 0 aromatic rings. The predicted octanol–water partition coefficient (Wildman–Crippen LogP) is -13.6. The summed E-state index contributed by atoms with van der Waals surface area (Å²) in [5.74, 6) is -7.17. The molecule has 452 valence electrons. The van der Waals surface area contributed by atoms with Crippen molar-refractivity contribution < 1.29 is 164 Å². The zero-order valence-corrected chi connectivity index (χ0v) is 41.8. The second-order valence-corrected chi connectivity index (χ2v) is 19.7. The van der Waals surface area contributed by atoms with Gasteiger partial charge in [-0.15, -0.1) is 0 Å². The van der Waals surface area contributed by atoms with Crippen LogP contribution < -0.4 is 10.6 Å². The standard InChI is InChI=1S/C43H72N2O33/c1-10-21(53)27(59)31(63)39(69-10)77-36-28(60)23(55)15(6-47)73-41(36)71-14-4-43(42(66)67,78-34(19(14)44-11(2)50)22(54)13(52)5-46)68-9-18-24(56)26(58)20(45-12(3)51)38(74-18)76-35-25(57)16(7-48)72-40(32(35)64)75-33-17(8-49)70-37(65)30(62)29(33)61/h10,13-41,46-49,52-65H,4-9H2,1-3H3,(H,44,50)(H,45,51)(H,66,67)/t10-,13+,14-,15+,16+,17+,18+,19+,20+,21+,22+,23-,24+,25-,26+,27+,28-,29+,30+,31-,32+,33+,34+,35-,36+,37?,38-,39+,40-,41+,43+/m0/s1. The summed E-state index contributed by atoms with van der Waals surface area (Å²) in [6.45, 7) is -2.29. The molecule has 0 aromatic heterocycles. The first-order valence-corrected chi connectivity index (χ1v) is 24.6. The summed E-state index contributed by atoms with van der Waals surface area (Å²) in [4.78, 5) is 38.8. The van der Waals surface area contributed by atoms with Gasteiger partial charge in [-0.25, -0.2) is 4.79 Å². The SMILES string of the molecule is CC(=O)N[C@H]1[C@H](O[C@H]2[C@@H](O)[C@@H](CO)O[C@@H](O[C@H]3[C@H](O)[C@@H](O)C(O)O[C@@H]3CO)[C@@H]2O)O[C@H](CO[C@]2(C(=O)O)C[C@H](O[C@@H]3O[C@H](CO)[C@H](O)[C@H](O)[C@H]3O[C@H]3O[C@@H](C)[C@@H](O)[C@@H](O)[C@@H]3O)[C@@H](NC(C)=O)[C@H]([C@H](O)[C@H](O)CO)O2)[C@@H](O)[C@@H]1O. The lowest BCUT2D eigenvalue weighted by Gasteiger charge is -2.51. The first-order valence-electron chi connectivity index (χ1n) is 24.6. The van der Waals surface area contributed by atoms with Gasteiger partial charge in [0.1, 0.15) is 134 Å². The third kappa shape index (κ3) is 13.7. The van der Waals surface area contributed by atoms with Crippen LogP contribution in [0.2, 0.25) is 0 Å². The zero-order chi connectivity index (χ0) is 58.0. The van der Waals surface area contributed by atoms with Crippen molar-refractivity contribution in [1.29, 1.82) is 0 Å². The molecule has 6 saturated heterocycles. The number of nitrogens with one attached hydrogen (secondary N) is 2. The summed E-state index contributed by atoms with van der Waals surface area (Å²) in [5.41, 5.74) is 0. The molecule has 35 heteroatoms. The Morgan fingerprint density at radius 2 is 1.06 bits per heavy atom. The van der Waals surface area contributed by atoms with Crippen LogP contribution in [0.4, 0.5) is 0 Å². The number of amides is 2. The topological polar surface area (TPSA) is 561 Å². The van der Waals surface area contributed by atoms with Crippen molar-refractivity contribution >= 4 is 17.8 Å². The Bertz CT molecular complexity index is 1950. The van der Waals surface area contributed by atoms with E-state index in [1.807, 2.05) is 0 Å². The van der Waals surface area contributed by atoms with E-state index in [9.17, 15) is 111 Å². The van der Waals surface area contributed by atoms with Crippen LogP contribution >= 0.6 is 0 Å². The summed E-state index contributed by atoms with van der Waals surface area (Å²) in [7, 11) is 0. The molecule has 1 unspecified atom stereocenters. The van der Waals surface area contributed by atoms with Crippen LogP contribution in [-0.4, -0.2) is 338 Å². The molecule has 21 N–H and O–H groups in total. The molecule has 6 aliphatic heterocycles. The van der Waals surface area contributed by atoms with Gasteiger partial charge in [-0.3, -0.25) is 9.59 Å². The van der Waals surface area contributed by atoms with E-state index in [1.165, 1.54) is 6.92 Å². The quantitative estimate of drug-likeness (QED) is 0.0538. The van der Waals surface area contributed by atoms with Crippen LogP contribution in [0, 0.1) is 0 Å². The van der Waals surface area contributed by atoms with E-state index in [0.29, 0.717) is 0 Å². The molecule has 0 radical (unpaired) electrons. The molecule has 0 aliphatic carbocycles. The number of rotatable bonds is 20. The number of hydrogen-bond acceptors (Lipinski definition) is 32. The van der Waals surface area contributed by atoms with Gasteiger partial charge in [0, 0.05) is 20.3 Å². The number of carboxylic acid groups (broad SMARTS) is 1. The number of aliphatic hydroxyl groups is 18. The fraction of sp³-hybridized carbons (Fsp3) is 0.930. The normalized spacial score (nSPS) is 48.1. The summed E-state index contributed by atoms with van der Waals surface area (Å²) in [6.07, 6.45) is -56.9. The molecule has 6 fully saturated rings. The van der Waals surface area contributed by atoms with Crippen LogP contribution in [0.5, 0.6) is 0 Å². The van der Waals surface area contributed by atoms with Gasteiger partial charge in [-0.1, -0.05) is 0 Å². The molecule has 6 rings (SSSR count). The van der Waals surface area contributed by atoms with E-state index >= 15 is 0 Å². The largest absolute Gasteiger partial charge is 0.477 e. The first-order chi connectivity index (χ1) is 36.6. The van der Waals surface area contributed by atoms with Crippen molar-refractivity contribution in [2.75, 3.05) is 33.0 Å². The summed E-state index contributed by atoms with van der Waals surface area (Å²) >= 11 is 0. The molecule has 0 bridgehead atoms. The highest BCUT2D eigenvalue weighted by Crippen LogP contribution is 2.40. The van der Waals surface area contributed by atoms with Gasteiger partial charge in [0.05, 0.1) is 51.3 Å². The molecule has 6 heterocycles. The van der Waals surface area contributed by atoms with Crippen molar-refractivity contribution in [1.82, 2.24) is 10.6 Å². The van der Waals surface area contributed by atoms with Gasteiger partial charge in [0.25, 0.3) is 5.79 Å². The highest BCUT2D eigenvalue weighted by molar-refractivity contribution is 5.76. The van der Waals surface area contributed by atoms with Crippen molar-refractivity contribution in [2.45, 2.75) is 217 Å². The number of hydrogen-bond donors (Lipinski definition) is 21. The van der Waals surface area contributed by atoms with Crippen LogP contribution in [-0.2, 0) is 66.5 Å². The molecular formula is C43H72N2O33. The van der Waals surface area contributed by atoms with Crippen molar-refractivity contribution in [3.05, 3.63) is 0 Å². The monoisotopic (exact) mass is 1140 g/mol. The summed E-state index contributed by atoms with van der Waals surface area (Å²) in [6, 6.07) is -3.69. The number of carbonyl (C=O) groups excluding carboxylic acids is 2. The smallest absolute Gasteiger partial charge is 0.364 e. The Labute approximate surface area is 441 Å². The Balaban J connectivity index is 1.32. The molecule has 31 atom stereocenters. The van der Waals surface area contributed by atoms with Crippen molar-refractivity contribution in [3.8, 4) is 0 Å². The lowest BCUT2D eigenvalue weighted by molar-refractivity contribution is -0.384. The van der Waals surface area contributed by atoms with Gasteiger partial charge in [-0.05, 0) is 6.92 Å². The summed E-state index contributed by atoms with van der Waals surface area (Å²) in [5, 5.41) is 208. The number of ether oxygens (including phenoxy) is 11. The van der Waals surface area contributed by atoms with Gasteiger partial charge < -0.3 is 160 Å². The molecule has 6 aliphatic rings. The number of carboxylic acids is 1. The molecule has 35 nitrogen and oxygen atoms in total. The molecule has 78 heavy (non-hydrogen) atoms. The molecule has 0 saturated carbocycles. The van der Waals surface area contributed by atoms with E-state index in [4.69, 9.17) is 52.1 Å². The molecule has 0 spiro atoms. The van der Waals surface area contributed by atoms with Gasteiger partial charge in [0.2, 0.25) is 11.8 Å². The lowest BCUT2D eigenvalue weighted by atomic mass is 9.88. The Kier molecular flexibility index (Phi) is 22.4. The number of aliphatic carboxylic acids is 1. The fourth-order valence-electron chi connectivity index (χ4n) is 9.81. The van der Waals surface area contributed by atoms with E-state index in [0.717, 1.165) is 13.8 Å². The van der Waals surface area contributed by atoms with E-state index in [-0.39, 0.29) is 0 Å². The van der Waals surface area contributed by atoms with Gasteiger partial charge >= 0.3 is 5.97 Å². The Hall–Kier alpha value is -2.75. The Morgan fingerprint density at radius 3 is 1.65 bits per heavy atom. The van der Waals surface area contributed by atoms with Crippen LogP contribution in [0.25, 0.3) is 0 Å². The van der Waals surface area contributed by atoms with Gasteiger partial charge in [-0.2, -0.15) is 0 Å². The maximum atomic E-state index is 13.6. The minimum Gasteiger partial charge on any atom is -0.477 e. The lowest BCUT2D eigenvalue weighted by Crippen LogP contribution is -2.71. The van der Waals surface area contributed by atoms with Crippen molar-refractivity contribution in [3.63, 3.8) is 0 Å². The van der Waals surface area contributed by atoms with Crippen LogP contribution in [0.1, 0.15) is 27.2 Å². The van der Waals surface area contributed by atoms with E-state index in [2.05, 4.69) is 10.6 Å². The predicted molar refractivity (Wildman–Crippen MR) is 238 cm³/mol. The zero-order valence-electron chi connectivity index (χ0n) is 41.8. The maximum absolute atomic E-state index is 13.6.